The maximum absolute atomic E-state index is 14.1. The van der Waals surface area contributed by atoms with E-state index in [0.717, 1.165) is 12.1 Å². The van der Waals surface area contributed by atoms with Gasteiger partial charge in [-0.15, -0.1) is 0 Å². The first-order valence-corrected chi connectivity index (χ1v) is 8.82. The Morgan fingerprint density at radius 3 is 2.57 bits per heavy atom. The maximum atomic E-state index is 14.1. The van der Waals surface area contributed by atoms with Gasteiger partial charge in [0.2, 0.25) is 5.91 Å². The highest BCUT2D eigenvalue weighted by atomic mass is 19.1. The third-order valence-electron chi connectivity index (χ3n) is 4.91. The van der Waals surface area contributed by atoms with Crippen molar-refractivity contribution in [1.82, 2.24) is 4.57 Å². The Morgan fingerprint density at radius 2 is 1.93 bits per heavy atom. The zero-order chi connectivity index (χ0) is 20.6. The van der Waals surface area contributed by atoms with Crippen LogP contribution in [0.25, 0.3) is 10.9 Å². The number of primary amides is 1. The second-order valence-electron chi connectivity index (χ2n) is 6.88. The molecule has 0 fully saturated rings. The molecule has 1 amide bonds. The molecule has 7 heteroatoms. The van der Waals surface area contributed by atoms with Gasteiger partial charge in [0.15, 0.2) is 11.6 Å². The average Bonchev–Trinajstić information content (AvgIpc) is 2.90. The van der Waals surface area contributed by atoms with Gasteiger partial charge in [0.1, 0.15) is 5.82 Å². The molecule has 0 spiro atoms. The molecule has 1 atom stereocenters. The van der Waals surface area contributed by atoms with E-state index in [0.29, 0.717) is 23.1 Å². The molecule has 0 bridgehead atoms. The number of fused-ring (bicyclic) bond motifs is 1. The molecule has 3 aromatic rings. The van der Waals surface area contributed by atoms with E-state index in [2.05, 4.69) is 0 Å². The molecule has 0 aliphatic carbocycles. The normalized spacial score (nSPS) is 12.3. The van der Waals surface area contributed by atoms with E-state index in [1.54, 1.807) is 6.92 Å². The summed E-state index contributed by atoms with van der Waals surface area (Å²) in [6.45, 7) is 3.56. The molecular formula is C21H20F2N2O3. The van der Waals surface area contributed by atoms with Crippen LogP contribution in [0.3, 0.4) is 0 Å². The fourth-order valence-electron chi connectivity index (χ4n) is 3.59. The summed E-state index contributed by atoms with van der Waals surface area (Å²) in [5.41, 5.74) is 6.85. The first kappa shape index (κ1) is 19.5. The van der Waals surface area contributed by atoms with E-state index >= 15 is 0 Å². The topological polar surface area (TPSA) is 85.3 Å². The summed E-state index contributed by atoms with van der Waals surface area (Å²) >= 11 is 0. The van der Waals surface area contributed by atoms with E-state index < -0.39 is 29.2 Å². The first-order valence-electron chi connectivity index (χ1n) is 8.82. The second kappa shape index (κ2) is 7.42. The molecular weight excluding hydrogens is 366 g/mol. The van der Waals surface area contributed by atoms with Gasteiger partial charge in [-0.25, -0.2) is 8.78 Å². The second-order valence-corrected chi connectivity index (χ2v) is 6.88. The van der Waals surface area contributed by atoms with Gasteiger partial charge in [0.25, 0.3) is 5.91 Å². The first-order chi connectivity index (χ1) is 13.2. The fourth-order valence-corrected chi connectivity index (χ4v) is 3.59. The lowest BCUT2D eigenvalue weighted by atomic mass is 9.93. The molecule has 1 heterocycles. The maximum Gasteiger partial charge on any atom is 0.262 e. The number of aromatic nitrogens is 1. The minimum Gasteiger partial charge on any atom is -0.505 e. The van der Waals surface area contributed by atoms with E-state index in [1.165, 1.54) is 28.8 Å². The van der Waals surface area contributed by atoms with E-state index in [9.17, 15) is 23.5 Å². The Kier molecular flexibility index (Phi) is 5.18. The van der Waals surface area contributed by atoms with Gasteiger partial charge in [-0.1, -0.05) is 13.0 Å². The summed E-state index contributed by atoms with van der Waals surface area (Å²) in [6, 6.07) is 7.59. The number of carbonyl (C=O) groups excluding carboxylic acids is 2. The molecule has 0 aliphatic heterocycles. The van der Waals surface area contributed by atoms with Gasteiger partial charge in [-0.3, -0.25) is 14.2 Å². The quantitative estimate of drug-likeness (QED) is 0.695. The number of aromatic hydroxyl groups is 1. The van der Waals surface area contributed by atoms with Crippen LogP contribution >= 0.6 is 0 Å². The lowest BCUT2D eigenvalue weighted by Gasteiger charge is -2.12. The monoisotopic (exact) mass is 386 g/mol. The molecule has 0 radical (unpaired) electrons. The Balaban J connectivity index is 2.22. The number of nitrogens with two attached hydrogens (primary N) is 1. The number of hydrogen-bond donors (Lipinski definition) is 2. The molecule has 1 aromatic heterocycles. The van der Waals surface area contributed by atoms with Crippen LogP contribution in [0.15, 0.2) is 36.4 Å². The summed E-state index contributed by atoms with van der Waals surface area (Å²) in [5.74, 6) is -3.10. The van der Waals surface area contributed by atoms with Crippen molar-refractivity contribution in [3.05, 3.63) is 64.9 Å². The summed E-state index contributed by atoms with van der Waals surface area (Å²) in [7, 11) is 0. The van der Waals surface area contributed by atoms with E-state index in [-0.39, 0.29) is 23.4 Å². The van der Waals surface area contributed by atoms with Crippen molar-refractivity contribution >= 4 is 22.7 Å². The third kappa shape index (κ3) is 3.47. The Morgan fingerprint density at radius 1 is 1.21 bits per heavy atom. The number of nitrogens with zero attached hydrogens (tertiary/aromatic N) is 1. The van der Waals surface area contributed by atoms with Gasteiger partial charge in [0.05, 0.1) is 5.52 Å². The van der Waals surface area contributed by atoms with Crippen molar-refractivity contribution in [3.63, 3.8) is 0 Å². The SMILES string of the molecule is Cc1c([C@@H](C)CCC(N)=O)c2cc(O)c(F)cc2n1C(=O)c1cccc(F)c1. The molecule has 2 aromatic carbocycles. The highest BCUT2D eigenvalue weighted by Crippen LogP contribution is 2.37. The van der Waals surface area contributed by atoms with Gasteiger partial charge >= 0.3 is 0 Å². The van der Waals surface area contributed by atoms with Crippen LogP contribution in [-0.4, -0.2) is 21.5 Å². The number of rotatable bonds is 5. The van der Waals surface area contributed by atoms with Crippen LogP contribution in [0, 0.1) is 18.6 Å². The standard InChI is InChI=1S/C21H20F2N2O3/c1-11(6-7-19(24)27)20-12(2)25(17-10-16(23)18(26)9-15(17)20)21(28)13-4-3-5-14(22)8-13/h3-5,8-11,26H,6-7H2,1-2H3,(H2,24,27)/t11-/m0/s1. The van der Waals surface area contributed by atoms with Gasteiger partial charge in [-0.05, 0) is 49.1 Å². The van der Waals surface area contributed by atoms with Crippen LogP contribution in [0.2, 0.25) is 0 Å². The number of carbonyl (C=O) groups is 2. The largest absolute Gasteiger partial charge is 0.505 e. The number of benzene rings is 2. The number of hydrogen-bond acceptors (Lipinski definition) is 3. The predicted molar refractivity (Wildman–Crippen MR) is 101 cm³/mol. The van der Waals surface area contributed by atoms with Crippen molar-refractivity contribution < 1.29 is 23.5 Å². The van der Waals surface area contributed by atoms with Crippen molar-refractivity contribution in [3.8, 4) is 5.75 Å². The summed E-state index contributed by atoms with van der Waals surface area (Å²) in [4.78, 5) is 24.2. The van der Waals surface area contributed by atoms with Crippen LogP contribution in [-0.2, 0) is 4.79 Å². The van der Waals surface area contributed by atoms with Crippen LogP contribution in [0.1, 0.15) is 47.3 Å². The molecule has 0 aliphatic rings. The highest BCUT2D eigenvalue weighted by molar-refractivity contribution is 6.04. The van der Waals surface area contributed by atoms with E-state index in [4.69, 9.17) is 5.73 Å². The zero-order valence-electron chi connectivity index (χ0n) is 15.5. The van der Waals surface area contributed by atoms with Gasteiger partial charge < -0.3 is 10.8 Å². The van der Waals surface area contributed by atoms with E-state index in [1.807, 2.05) is 6.92 Å². The number of phenolic OH excluding ortho intramolecular Hbond substituents is 1. The molecule has 0 saturated heterocycles. The number of halogens is 2. The molecule has 5 nitrogen and oxygen atoms in total. The zero-order valence-corrected chi connectivity index (χ0v) is 15.5. The molecule has 28 heavy (non-hydrogen) atoms. The minimum atomic E-state index is -0.866. The average molecular weight is 386 g/mol. The van der Waals surface area contributed by atoms with Crippen molar-refractivity contribution in [1.29, 1.82) is 0 Å². The Hall–Kier alpha value is -3.22. The molecule has 3 rings (SSSR count). The fraction of sp³-hybridized carbons (Fsp3) is 0.238. The van der Waals surface area contributed by atoms with Crippen molar-refractivity contribution in [2.45, 2.75) is 32.6 Å². The number of amides is 1. The molecule has 0 unspecified atom stereocenters. The van der Waals surface area contributed by atoms with Crippen LogP contribution < -0.4 is 5.73 Å². The number of phenols is 1. The molecule has 3 N–H and O–H groups in total. The molecule has 0 saturated carbocycles. The van der Waals surface area contributed by atoms with Crippen molar-refractivity contribution in [2.75, 3.05) is 0 Å². The van der Waals surface area contributed by atoms with Gasteiger partial charge in [-0.2, -0.15) is 0 Å². The Bertz CT molecular complexity index is 1090. The smallest absolute Gasteiger partial charge is 0.262 e. The predicted octanol–water partition coefficient (Wildman–Crippen LogP) is 3.99. The Labute approximate surface area is 160 Å². The lowest BCUT2D eigenvalue weighted by molar-refractivity contribution is -0.118. The lowest BCUT2D eigenvalue weighted by Crippen LogP contribution is -2.15. The summed E-state index contributed by atoms with van der Waals surface area (Å²) in [6.07, 6.45) is 0.583. The third-order valence-corrected chi connectivity index (χ3v) is 4.91. The van der Waals surface area contributed by atoms with Crippen molar-refractivity contribution in [2.24, 2.45) is 5.73 Å². The van der Waals surface area contributed by atoms with Crippen LogP contribution in [0.4, 0.5) is 8.78 Å². The van der Waals surface area contributed by atoms with Crippen LogP contribution in [0.5, 0.6) is 5.75 Å². The minimum absolute atomic E-state index is 0.116. The summed E-state index contributed by atoms with van der Waals surface area (Å²) in [5, 5.41) is 10.3. The summed E-state index contributed by atoms with van der Waals surface area (Å²) < 4.78 is 29.0. The molecule has 146 valence electrons. The highest BCUT2D eigenvalue weighted by Gasteiger charge is 2.25. The van der Waals surface area contributed by atoms with Gasteiger partial charge in [0, 0.05) is 29.1 Å².